The van der Waals surface area contributed by atoms with Gasteiger partial charge in [-0.05, 0) is 12.0 Å². The van der Waals surface area contributed by atoms with Gasteiger partial charge in [0.1, 0.15) is 0 Å². The van der Waals surface area contributed by atoms with E-state index in [1.165, 1.54) is 5.56 Å². The molecule has 0 aromatic heterocycles. The van der Waals surface area contributed by atoms with Crippen molar-refractivity contribution in [2.24, 2.45) is 0 Å². The van der Waals surface area contributed by atoms with Gasteiger partial charge in [0.05, 0.1) is 0 Å². The van der Waals surface area contributed by atoms with Gasteiger partial charge in [0.2, 0.25) is 5.91 Å². The van der Waals surface area contributed by atoms with Crippen LogP contribution in [0.2, 0.25) is 0 Å². The number of nitrogens with zero attached hydrogens (tertiary/aromatic N) is 1. The number of benzene rings is 1. The molecule has 69 valence electrons. The van der Waals surface area contributed by atoms with E-state index in [1.54, 1.807) is 11.9 Å². The summed E-state index contributed by atoms with van der Waals surface area (Å²) in [4.78, 5) is 12.4. The zero-order valence-corrected chi connectivity index (χ0v) is 7.86. The van der Waals surface area contributed by atoms with Gasteiger partial charge in [-0.15, -0.1) is 0 Å². The molecule has 1 aromatic carbocycles. The highest BCUT2D eigenvalue weighted by molar-refractivity contribution is 5.79. The van der Waals surface area contributed by atoms with Crippen LogP contribution >= 0.6 is 0 Å². The Kier molecular flexibility index (Phi) is 3.50. The number of hydrogen-bond acceptors (Lipinski definition) is 1. The van der Waals surface area contributed by atoms with Gasteiger partial charge in [-0.25, -0.2) is 0 Å². The number of amides is 1. The first-order chi connectivity index (χ1) is 6.20. The van der Waals surface area contributed by atoms with Crippen molar-refractivity contribution in [3.05, 3.63) is 42.8 Å². The van der Waals surface area contributed by atoms with E-state index >= 15 is 0 Å². The number of carbonyl (C=O) groups is 1. The fourth-order valence-electron chi connectivity index (χ4n) is 1.07. The maximum Gasteiger partial charge on any atom is 0.222 e. The van der Waals surface area contributed by atoms with Crippen LogP contribution < -0.4 is 0 Å². The average Bonchev–Trinajstić information content (AvgIpc) is 2.15. The van der Waals surface area contributed by atoms with Crippen LogP contribution in [0.3, 0.4) is 0 Å². The minimum Gasteiger partial charge on any atom is -0.345 e. The van der Waals surface area contributed by atoms with Crippen molar-refractivity contribution >= 4 is 5.91 Å². The highest BCUT2D eigenvalue weighted by Gasteiger charge is 2.01. The lowest BCUT2D eigenvalue weighted by Crippen LogP contribution is -2.26. The zero-order chi connectivity index (χ0) is 9.68. The SMILES string of the molecule is [CH2]C(=O)N(C)CCc1ccccc1. The van der Waals surface area contributed by atoms with E-state index in [4.69, 9.17) is 0 Å². The van der Waals surface area contributed by atoms with Gasteiger partial charge in [-0.1, -0.05) is 30.3 Å². The molecule has 0 spiro atoms. The van der Waals surface area contributed by atoms with Crippen LogP contribution in [0.1, 0.15) is 5.56 Å². The number of hydrogen-bond donors (Lipinski definition) is 0. The first kappa shape index (κ1) is 9.78. The minimum atomic E-state index is -0.129. The lowest BCUT2D eigenvalue weighted by molar-refractivity contribution is -0.125. The Morgan fingerprint density at radius 2 is 2.00 bits per heavy atom. The summed E-state index contributed by atoms with van der Waals surface area (Å²) < 4.78 is 0. The van der Waals surface area contributed by atoms with Crippen molar-refractivity contribution in [1.82, 2.24) is 4.90 Å². The van der Waals surface area contributed by atoms with E-state index in [0.29, 0.717) is 0 Å². The van der Waals surface area contributed by atoms with Gasteiger partial charge in [-0.3, -0.25) is 4.79 Å². The predicted molar refractivity (Wildman–Crippen MR) is 53.1 cm³/mol. The summed E-state index contributed by atoms with van der Waals surface area (Å²) in [7, 11) is 1.76. The monoisotopic (exact) mass is 176 g/mol. The molecule has 0 fully saturated rings. The molecule has 0 aliphatic heterocycles. The Morgan fingerprint density at radius 3 is 2.54 bits per heavy atom. The topological polar surface area (TPSA) is 20.3 Å². The summed E-state index contributed by atoms with van der Waals surface area (Å²) in [6.45, 7) is 4.07. The van der Waals surface area contributed by atoms with Crippen molar-refractivity contribution in [3.63, 3.8) is 0 Å². The van der Waals surface area contributed by atoms with E-state index < -0.39 is 0 Å². The largest absolute Gasteiger partial charge is 0.345 e. The molecule has 0 saturated carbocycles. The second-order valence-corrected chi connectivity index (χ2v) is 3.05. The molecule has 0 saturated heterocycles. The smallest absolute Gasteiger partial charge is 0.222 e. The molecule has 1 radical (unpaired) electrons. The average molecular weight is 176 g/mol. The number of rotatable bonds is 3. The fourth-order valence-corrected chi connectivity index (χ4v) is 1.07. The third-order valence-electron chi connectivity index (χ3n) is 2.00. The summed E-state index contributed by atoms with van der Waals surface area (Å²) in [6.07, 6.45) is 0.888. The lowest BCUT2D eigenvalue weighted by atomic mass is 10.1. The molecule has 2 heteroatoms. The Balaban J connectivity index is 2.39. The summed E-state index contributed by atoms with van der Waals surface area (Å²) >= 11 is 0. The number of likely N-dealkylation sites (N-methyl/N-ethyl adjacent to an activating group) is 1. The Bertz CT molecular complexity index is 269. The standard InChI is InChI=1S/C11H14NO/c1-10(13)12(2)9-8-11-6-4-3-5-7-11/h3-7H,1,8-9H2,2H3. The highest BCUT2D eigenvalue weighted by atomic mass is 16.2. The molecular weight excluding hydrogens is 162 g/mol. The molecule has 1 amide bonds. The third kappa shape index (κ3) is 3.28. The van der Waals surface area contributed by atoms with Crippen LogP contribution in [0.15, 0.2) is 30.3 Å². The fraction of sp³-hybridized carbons (Fsp3) is 0.273. The van der Waals surface area contributed by atoms with E-state index in [2.05, 4.69) is 19.1 Å². The van der Waals surface area contributed by atoms with Crippen molar-refractivity contribution in [2.45, 2.75) is 6.42 Å². The predicted octanol–water partition coefficient (Wildman–Crippen LogP) is 1.52. The molecule has 1 rings (SSSR count). The maximum absolute atomic E-state index is 10.8. The van der Waals surface area contributed by atoms with E-state index in [9.17, 15) is 4.79 Å². The molecule has 0 atom stereocenters. The summed E-state index contributed by atoms with van der Waals surface area (Å²) in [5.74, 6) is -0.129. The van der Waals surface area contributed by atoms with Crippen LogP contribution in [-0.4, -0.2) is 24.4 Å². The van der Waals surface area contributed by atoms with E-state index in [1.807, 2.05) is 18.2 Å². The quantitative estimate of drug-likeness (QED) is 0.683. The van der Waals surface area contributed by atoms with Crippen LogP contribution in [0.5, 0.6) is 0 Å². The van der Waals surface area contributed by atoms with Gasteiger partial charge in [-0.2, -0.15) is 0 Å². The van der Waals surface area contributed by atoms with Crippen LogP contribution in [0.25, 0.3) is 0 Å². The molecule has 13 heavy (non-hydrogen) atoms. The molecule has 0 bridgehead atoms. The third-order valence-corrected chi connectivity index (χ3v) is 2.00. The van der Waals surface area contributed by atoms with Crippen LogP contribution in [0.4, 0.5) is 0 Å². The molecule has 0 aliphatic rings. The zero-order valence-electron chi connectivity index (χ0n) is 7.86. The maximum atomic E-state index is 10.8. The Morgan fingerprint density at radius 1 is 1.38 bits per heavy atom. The molecule has 0 N–H and O–H groups in total. The van der Waals surface area contributed by atoms with Gasteiger partial charge < -0.3 is 4.90 Å². The minimum absolute atomic E-state index is 0.129. The molecule has 2 nitrogen and oxygen atoms in total. The highest BCUT2D eigenvalue weighted by Crippen LogP contribution is 2.00. The Labute approximate surface area is 79.2 Å². The summed E-state index contributed by atoms with van der Waals surface area (Å²) in [5, 5.41) is 0. The summed E-state index contributed by atoms with van der Waals surface area (Å²) in [6, 6.07) is 10.1. The number of carbonyl (C=O) groups excluding carboxylic acids is 1. The van der Waals surface area contributed by atoms with Crippen molar-refractivity contribution < 1.29 is 4.79 Å². The van der Waals surface area contributed by atoms with E-state index in [-0.39, 0.29) is 5.91 Å². The Hall–Kier alpha value is -1.31. The molecular formula is C11H14NO. The lowest BCUT2D eigenvalue weighted by Gasteiger charge is -2.13. The second-order valence-electron chi connectivity index (χ2n) is 3.05. The molecule has 0 aliphatic carbocycles. The first-order valence-electron chi connectivity index (χ1n) is 4.31. The summed E-state index contributed by atoms with van der Waals surface area (Å²) in [5.41, 5.74) is 1.25. The first-order valence-corrected chi connectivity index (χ1v) is 4.31. The van der Waals surface area contributed by atoms with Gasteiger partial charge in [0, 0.05) is 20.5 Å². The molecule has 1 aromatic rings. The van der Waals surface area contributed by atoms with Gasteiger partial charge in [0.15, 0.2) is 0 Å². The second kappa shape index (κ2) is 4.65. The van der Waals surface area contributed by atoms with Gasteiger partial charge >= 0.3 is 0 Å². The van der Waals surface area contributed by atoms with Crippen LogP contribution in [0, 0.1) is 6.92 Å². The van der Waals surface area contributed by atoms with Crippen molar-refractivity contribution in [2.75, 3.05) is 13.6 Å². The van der Waals surface area contributed by atoms with E-state index in [0.717, 1.165) is 13.0 Å². The van der Waals surface area contributed by atoms with Crippen LogP contribution in [-0.2, 0) is 11.2 Å². The molecule has 0 unspecified atom stereocenters. The van der Waals surface area contributed by atoms with Gasteiger partial charge in [0.25, 0.3) is 0 Å². The normalized spacial score (nSPS) is 9.69. The van der Waals surface area contributed by atoms with Crippen molar-refractivity contribution in [3.8, 4) is 0 Å². The van der Waals surface area contributed by atoms with Crippen molar-refractivity contribution in [1.29, 1.82) is 0 Å². The molecule has 0 heterocycles.